The molecule has 0 spiro atoms. The summed E-state index contributed by atoms with van der Waals surface area (Å²) in [5.74, 6) is 0. The Labute approximate surface area is 79.9 Å². The van der Waals surface area contributed by atoms with Gasteiger partial charge < -0.3 is 0 Å². The summed E-state index contributed by atoms with van der Waals surface area (Å²) in [5, 5.41) is 0. The van der Waals surface area contributed by atoms with Crippen LogP contribution >= 0.6 is 22.6 Å². The highest BCUT2D eigenvalue weighted by molar-refractivity contribution is 14.1. The zero-order valence-corrected chi connectivity index (χ0v) is 8.68. The highest BCUT2D eigenvalue weighted by Crippen LogP contribution is 2.15. The molecule has 58 valence electrons. The van der Waals surface area contributed by atoms with E-state index < -0.39 is 0 Å². The van der Waals surface area contributed by atoms with Gasteiger partial charge in [-0.05, 0) is 59.7 Å². The maximum absolute atomic E-state index is 10.6. The number of aldehydes is 1. The van der Waals surface area contributed by atoms with Gasteiger partial charge in [0.1, 0.15) is 0 Å². The molecule has 1 nitrogen and oxygen atoms in total. The molecule has 1 aromatic carbocycles. The molecule has 0 bridgehead atoms. The Morgan fingerprint density at radius 1 is 1.27 bits per heavy atom. The maximum atomic E-state index is 10.6. The molecule has 0 aromatic heterocycles. The topological polar surface area (TPSA) is 17.1 Å². The van der Waals surface area contributed by atoms with Crippen molar-refractivity contribution in [2.75, 3.05) is 0 Å². The van der Waals surface area contributed by atoms with Gasteiger partial charge in [-0.2, -0.15) is 0 Å². The van der Waals surface area contributed by atoms with Crippen LogP contribution in [0, 0.1) is 17.4 Å². The molecule has 0 saturated carbocycles. The van der Waals surface area contributed by atoms with Gasteiger partial charge in [-0.3, -0.25) is 4.79 Å². The third-order valence-corrected chi connectivity index (χ3v) is 2.30. The van der Waals surface area contributed by atoms with E-state index in [9.17, 15) is 4.79 Å². The van der Waals surface area contributed by atoms with Gasteiger partial charge in [-0.1, -0.05) is 0 Å². The van der Waals surface area contributed by atoms with E-state index in [1.807, 2.05) is 26.0 Å². The van der Waals surface area contributed by atoms with E-state index >= 15 is 0 Å². The molecule has 11 heavy (non-hydrogen) atoms. The number of carbonyl (C=O) groups excluding carboxylic acids is 1. The van der Waals surface area contributed by atoms with Crippen molar-refractivity contribution >= 4 is 28.9 Å². The molecule has 0 fully saturated rings. The first kappa shape index (κ1) is 8.71. The maximum Gasteiger partial charge on any atom is 0.150 e. The van der Waals surface area contributed by atoms with Gasteiger partial charge in [0, 0.05) is 9.13 Å². The summed E-state index contributed by atoms with van der Waals surface area (Å²) in [4.78, 5) is 10.6. The molecule has 0 radical (unpaired) electrons. The van der Waals surface area contributed by atoms with Crippen LogP contribution in [-0.2, 0) is 0 Å². The third kappa shape index (κ3) is 1.80. The lowest BCUT2D eigenvalue weighted by Crippen LogP contribution is -1.91. The molecule has 0 unspecified atom stereocenters. The van der Waals surface area contributed by atoms with E-state index in [-0.39, 0.29) is 0 Å². The van der Waals surface area contributed by atoms with Gasteiger partial charge in [0.05, 0.1) is 0 Å². The fraction of sp³-hybridized carbons (Fsp3) is 0.222. The Morgan fingerprint density at radius 2 is 1.73 bits per heavy atom. The van der Waals surface area contributed by atoms with E-state index in [1.54, 1.807) is 0 Å². The highest BCUT2D eigenvalue weighted by Gasteiger charge is 2.01. The minimum atomic E-state index is 0.824. The normalized spacial score (nSPS) is 9.73. The Balaban J connectivity index is 3.36. The minimum Gasteiger partial charge on any atom is -0.298 e. The molecule has 1 rings (SSSR count). The average Bonchev–Trinajstić information content (AvgIpc) is 1.85. The Hall–Kier alpha value is -0.380. The SMILES string of the molecule is Cc1cc(I)cc(C)c1C=O. The van der Waals surface area contributed by atoms with Gasteiger partial charge >= 0.3 is 0 Å². The molecule has 0 atom stereocenters. The predicted molar refractivity (Wildman–Crippen MR) is 54.0 cm³/mol. The summed E-state index contributed by atoms with van der Waals surface area (Å²) >= 11 is 2.25. The van der Waals surface area contributed by atoms with Crippen LogP contribution in [0.15, 0.2) is 12.1 Å². The third-order valence-electron chi connectivity index (χ3n) is 1.68. The van der Waals surface area contributed by atoms with Gasteiger partial charge in [0.15, 0.2) is 6.29 Å². The molecular formula is C9H9IO. The van der Waals surface area contributed by atoms with Crippen LogP contribution in [0.4, 0.5) is 0 Å². The lowest BCUT2D eigenvalue weighted by atomic mass is 10.0. The molecule has 0 heterocycles. The first-order valence-corrected chi connectivity index (χ1v) is 4.45. The first-order chi connectivity index (χ1) is 5.15. The number of benzene rings is 1. The number of aryl methyl sites for hydroxylation is 2. The van der Waals surface area contributed by atoms with Crippen molar-refractivity contribution < 1.29 is 4.79 Å². The fourth-order valence-electron chi connectivity index (χ4n) is 1.11. The molecular weight excluding hydrogens is 251 g/mol. The summed E-state index contributed by atoms with van der Waals surface area (Å²) < 4.78 is 1.18. The molecule has 2 heteroatoms. The second-order valence-electron chi connectivity index (χ2n) is 2.57. The van der Waals surface area contributed by atoms with Gasteiger partial charge in [-0.25, -0.2) is 0 Å². The van der Waals surface area contributed by atoms with Crippen molar-refractivity contribution in [1.82, 2.24) is 0 Å². The minimum absolute atomic E-state index is 0.824. The van der Waals surface area contributed by atoms with Gasteiger partial charge in [0.2, 0.25) is 0 Å². The molecule has 0 N–H and O–H groups in total. The van der Waals surface area contributed by atoms with E-state index in [1.165, 1.54) is 3.57 Å². The van der Waals surface area contributed by atoms with Crippen LogP contribution in [0.3, 0.4) is 0 Å². The van der Waals surface area contributed by atoms with E-state index in [2.05, 4.69) is 22.6 Å². The number of hydrogen-bond acceptors (Lipinski definition) is 1. The number of rotatable bonds is 1. The number of halogens is 1. The van der Waals surface area contributed by atoms with E-state index in [0.717, 1.165) is 23.0 Å². The summed E-state index contributed by atoms with van der Waals surface area (Å²) in [5.41, 5.74) is 2.94. The van der Waals surface area contributed by atoms with Crippen LogP contribution < -0.4 is 0 Å². The molecule has 0 aliphatic carbocycles. The highest BCUT2D eigenvalue weighted by atomic mass is 127. The first-order valence-electron chi connectivity index (χ1n) is 3.37. The molecule has 0 aliphatic rings. The second kappa shape index (κ2) is 3.34. The zero-order valence-electron chi connectivity index (χ0n) is 6.52. The van der Waals surface area contributed by atoms with Crippen LogP contribution in [0.5, 0.6) is 0 Å². The molecule has 0 saturated heterocycles. The fourth-order valence-corrected chi connectivity index (χ4v) is 2.04. The molecule has 1 aromatic rings. The van der Waals surface area contributed by atoms with Crippen molar-refractivity contribution in [2.45, 2.75) is 13.8 Å². The Bertz CT molecular complexity index is 269. The van der Waals surface area contributed by atoms with Gasteiger partial charge in [-0.15, -0.1) is 0 Å². The quantitative estimate of drug-likeness (QED) is 0.560. The van der Waals surface area contributed by atoms with E-state index in [0.29, 0.717) is 0 Å². The average molecular weight is 260 g/mol. The van der Waals surface area contributed by atoms with Crippen LogP contribution in [0.1, 0.15) is 21.5 Å². The van der Waals surface area contributed by atoms with Crippen LogP contribution in [-0.4, -0.2) is 6.29 Å². The Kier molecular flexibility index (Phi) is 2.65. The van der Waals surface area contributed by atoms with Gasteiger partial charge in [0.25, 0.3) is 0 Å². The summed E-state index contributed by atoms with van der Waals surface area (Å²) in [7, 11) is 0. The second-order valence-corrected chi connectivity index (χ2v) is 3.82. The van der Waals surface area contributed by atoms with Crippen molar-refractivity contribution in [2.24, 2.45) is 0 Å². The predicted octanol–water partition coefficient (Wildman–Crippen LogP) is 2.72. The number of hydrogen-bond donors (Lipinski definition) is 0. The molecule has 0 amide bonds. The number of carbonyl (C=O) groups is 1. The van der Waals surface area contributed by atoms with Crippen molar-refractivity contribution in [3.8, 4) is 0 Å². The van der Waals surface area contributed by atoms with Crippen LogP contribution in [0.2, 0.25) is 0 Å². The monoisotopic (exact) mass is 260 g/mol. The smallest absolute Gasteiger partial charge is 0.150 e. The summed E-state index contributed by atoms with van der Waals surface area (Å²) in [6.07, 6.45) is 0.917. The Morgan fingerprint density at radius 3 is 2.09 bits per heavy atom. The molecule has 0 aliphatic heterocycles. The largest absolute Gasteiger partial charge is 0.298 e. The van der Waals surface area contributed by atoms with E-state index in [4.69, 9.17) is 0 Å². The van der Waals surface area contributed by atoms with Crippen LogP contribution in [0.25, 0.3) is 0 Å². The zero-order chi connectivity index (χ0) is 8.43. The summed E-state index contributed by atoms with van der Waals surface area (Å²) in [6.45, 7) is 3.91. The van der Waals surface area contributed by atoms with Crippen molar-refractivity contribution in [3.63, 3.8) is 0 Å². The summed E-state index contributed by atoms with van der Waals surface area (Å²) in [6, 6.07) is 4.02. The lowest BCUT2D eigenvalue weighted by molar-refractivity contribution is 0.112. The lowest BCUT2D eigenvalue weighted by Gasteiger charge is -2.02. The standard InChI is InChI=1S/C9H9IO/c1-6-3-8(10)4-7(2)9(6)5-11/h3-5H,1-2H3. The van der Waals surface area contributed by atoms with Crippen molar-refractivity contribution in [3.05, 3.63) is 32.4 Å². The van der Waals surface area contributed by atoms with Crippen molar-refractivity contribution in [1.29, 1.82) is 0 Å².